The molecule has 2 heterocycles. The molecular weight excluding hydrogens is 315 g/mol. The molecule has 9 heteroatoms. The standard InChI is InChI=1S/C15H19BN2O6/c1-17-12(19)8-18-6-10(7-18)23-11-3-2-9-4-5-16(22)24-14(9)13(11)15(20)21/h2-3,10,22H,4-8H2,1H3,(H,17,19)(H,20,21). The smallest absolute Gasteiger partial charge is 0.522 e. The maximum absolute atomic E-state index is 11.6. The maximum atomic E-state index is 11.6. The number of hydrogen-bond acceptors (Lipinski definition) is 6. The molecule has 0 aromatic heterocycles. The second kappa shape index (κ2) is 6.70. The van der Waals surface area contributed by atoms with Gasteiger partial charge in [-0.1, -0.05) is 6.07 Å². The highest BCUT2D eigenvalue weighted by molar-refractivity contribution is 6.44. The molecule has 0 aliphatic carbocycles. The number of ether oxygens (including phenoxy) is 1. The number of carboxylic acid groups (broad SMARTS) is 1. The number of carbonyl (C=O) groups excluding carboxylic acids is 1. The predicted octanol–water partition coefficient (Wildman–Crippen LogP) is -0.391. The molecule has 1 aromatic carbocycles. The van der Waals surface area contributed by atoms with Gasteiger partial charge in [-0.25, -0.2) is 4.79 Å². The van der Waals surface area contributed by atoms with Crippen LogP contribution in [0.4, 0.5) is 0 Å². The molecule has 0 saturated carbocycles. The van der Waals surface area contributed by atoms with Crippen molar-refractivity contribution in [2.24, 2.45) is 0 Å². The highest BCUT2D eigenvalue weighted by Crippen LogP contribution is 2.37. The number of likely N-dealkylation sites (tertiary alicyclic amines) is 1. The van der Waals surface area contributed by atoms with Gasteiger partial charge in [0, 0.05) is 20.1 Å². The van der Waals surface area contributed by atoms with Gasteiger partial charge in [-0.2, -0.15) is 0 Å². The van der Waals surface area contributed by atoms with Crippen molar-refractivity contribution in [3.8, 4) is 11.5 Å². The fourth-order valence-electron chi connectivity index (χ4n) is 2.90. The first-order valence-electron chi connectivity index (χ1n) is 7.81. The molecule has 3 N–H and O–H groups in total. The summed E-state index contributed by atoms with van der Waals surface area (Å²) in [5, 5.41) is 21.7. The van der Waals surface area contributed by atoms with E-state index >= 15 is 0 Å². The first-order valence-corrected chi connectivity index (χ1v) is 7.81. The maximum Gasteiger partial charge on any atom is 0.522 e. The summed E-state index contributed by atoms with van der Waals surface area (Å²) in [4.78, 5) is 24.8. The van der Waals surface area contributed by atoms with Crippen molar-refractivity contribution in [2.75, 3.05) is 26.7 Å². The van der Waals surface area contributed by atoms with Crippen LogP contribution in [0.3, 0.4) is 0 Å². The molecule has 1 fully saturated rings. The van der Waals surface area contributed by atoms with Gasteiger partial charge in [-0.3, -0.25) is 9.69 Å². The Balaban J connectivity index is 1.72. The lowest BCUT2D eigenvalue weighted by atomic mass is 9.78. The highest BCUT2D eigenvalue weighted by Gasteiger charge is 2.34. The lowest BCUT2D eigenvalue weighted by Crippen LogP contribution is -2.56. The monoisotopic (exact) mass is 334 g/mol. The summed E-state index contributed by atoms with van der Waals surface area (Å²) >= 11 is 0. The first-order chi connectivity index (χ1) is 11.5. The number of amides is 1. The third-order valence-electron chi connectivity index (χ3n) is 4.19. The summed E-state index contributed by atoms with van der Waals surface area (Å²) in [6.07, 6.45) is 0.809. The number of rotatable bonds is 5. The van der Waals surface area contributed by atoms with E-state index in [9.17, 15) is 19.7 Å². The Hall–Kier alpha value is -2.26. The van der Waals surface area contributed by atoms with Crippen molar-refractivity contribution < 1.29 is 29.1 Å². The summed E-state index contributed by atoms with van der Waals surface area (Å²) in [6, 6.07) is 3.40. The number of aryl methyl sites for hydroxylation is 1. The van der Waals surface area contributed by atoms with Crippen LogP contribution in [0, 0.1) is 0 Å². The van der Waals surface area contributed by atoms with Gasteiger partial charge < -0.3 is 24.8 Å². The van der Waals surface area contributed by atoms with E-state index in [1.807, 2.05) is 4.90 Å². The Labute approximate surface area is 139 Å². The van der Waals surface area contributed by atoms with Crippen LogP contribution in [0.1, 0.15) is 15.9 Å². The zero-order valence-corrected chi connectivity index (χ0v) is 13.3. The molecule has 2 aliphatic rings. The van der Waals surface area contributed by atoms with Crippen LogP contribution in [0.15, 0.2) is 12.1 Å². The molecule has 1 saturated heterocycles. The minimum absolute atomic E-state index is 0.0593. The molecule has 128 valence electrons. The van der Waals surface area contributed by atoms with Crippen molar-refractivity contribution in [1.29, 1.82) is 0 Å². The zero-order chi connectivity index (χ0) is 17.3. The first kappa shape index (κ1) is 16.6. The highest BCUT2D eigenvalue weighted by atomic mass is 16.5. The van der Waals surface area contributed by atoms with Crippen molar-refractivity contribution in [1.82, 2.24) is 10.2 Å². The summed E-state index contributed by atoms with van der Waals surface area (Å²) in [6.45, 7) is 1.39. The Morgan fingerprint density at radius 3 is 2.88 bits per heavy atom. The summed E-state index contributed by atoms with van der Waals surface area (Å²) in [5.74, 6) is -0.825. The topological polar surface area (TPSA) is 108 Å². The van der Waals surface area contributed by atoms with Crippen LogP contribution in [0.5, 0.6) is 11.5 Å². The molecule has 2 aliphatic heterocycles. The molecule has 0 unspecified atom stereocenters. The second-order valence-corrected chi connectivity index (χ2v) is 5.95. The lowest BCUT2D eigenvalue weighted by molar-refractivity contribution is -0.124. The Morgan fingerprint density at radius 2 is 2.21 bits per heavy atom. The van der Waals surface area contributed by atoms with Gasteiger partial charge in [0.25, 0.3) is 0 Å². The van der Waals surface area contributed by atoms with E-state index in [-0.39, 0.29) is 29.1 Å². The third kappa shape index (κ3) is 3.32. The summed E-state index contributed by atoms with van der Waals surface area (Å²) in [5.41, 5.74) is 0.691. The molecule has 0 atom stereocenters. The third-order valence-corrected chi connectivity index (χ3v) is 4.19. The van der Waals surface area contributed by atoms with Crippen LogP contribution in [0.2, 0.25) is 6.32 Å². The van der Waals surface area contributed by atoms with E-state index in [1.54, 1.807) is 19.2 Å². The van der Waals surface area contributed by atoms with Crippen molar-refractivity contribution in [3.05, 3.63) is 23.3 Å². The SMILES string of the molecule is CNC(=O)CN1CC(Oc2ccc3c(c2C(=O)O)OB(O)CC3)C1. The second-order valence-electron chi connectivity index (χ2n) is 5.95. The van der Waals surface area contributed by atoms with Crippen molar-refractivity contribution in [3.63, 3.8) is 0 Å². The molecular formula is C15H19BN2O6. The number of fused-ring (bicyclic) bond motifs is 1. The van der Waals surface area contributed by atoms with Gasteiger partial charge in [0.15, 0.2) is 0 Å². The largest absolute Gasteiger partial charge is 0.535 e. The van der Waals surface area contributed by atoms with Gasteiger partial charge in [0.1, 0.15) is 23.2 Å². The van der Waals surface area contributed by atoms with Gasteiger partial charge in [0.05, 0.1) is 6.54 Å². The van der Waals surface area contributed by atoms with Crippen molar-refractivity contribution in [2.45, 2.75) is 18.8 Å². The van der Waals surface area contributed by atoms with E-state index in [0.29, 0.717) is 32.4 Å². The van der Waals surface area contributed by atoms with Crippen LogP contribution < -0.4 is 14.7 Å². The number of hydrogen-bond donors (Lipinski definition) is 3. The average molecular weight is 334 g/mol. The molecule has 0 bridgehead atoms. The van der Waals surface area contributed by atoms with Crippen molar-refractivity contribution >= 4 is 19.0 Å². The quantitative estimate of drug-likeness (QED) is 0.629. The molecule has 0 spiro atoms. The number of carboxylic acids is 1. The Bertz CT molecular complexity index is 662. The fourth-order valence-corrected chi connectivity index (χ4v) is 2.90. The van der Waals surface area contributed by atoms with Gasteiger partial charge in [-0.15, -0.1) is 0 Å². The molecule has 1 aromatic rings. The normalized spacial score (nSPS) is 17.5. The Kier molecular flexibility index (Phi) is 4.63. The van der Waals surface area contributed by atoms with E-state index < -0.39 is 13.1 Å². The fraction of sp³-hybridized carbons (Fsp3) is 0.467. The molecule has 24 heavy (non-hydrogen) atoms. The zero-order valence-electron chi connectivity index (χ0n) is 13.3. The van der Waals surface area contributed by atoms with Crippen LogP contribution in [0.25, 0.3) is 0 Å². The minimum atomic E-state index is -1.16. The summed E-state index contributed by atoms with van der Waals surface area (Å²) in [7, 11) is 0.578. The number of nitrogens with one attached hydrogen (secondary N) is 1. The van der Waals surface area contributed by atoms with E-state index in [0.717, 1.165) is 5.56 Å². The van der Waals surface area contributed by atoms with Crippen LogP contribution in [-0.4, -0.2) is 66.8 Å². The Morgan fingerprint density at radius 1 is 1.46 bits per heavy atom. The van der Waals surface area contributed by atoms with Gasteiger partial charge >= 0.3 is 13.1 Å². The molecule has 0 radical (unpaired) electrons. The molecule has 8 nitrogen and oxygen atoms in total. The molecule has 3 rings (SSSR count). The number of benzene rings is 1. The number of aromatic carboxylic acids is 1. The summed E-state index contributed by atoms with van der Waals surface area (Å²) < 4.78 is 11.1. The van der Waals surface area contributed by atoms with Gasteiger partial charge in [-0.05, 0) is 24.4 Å². The van der Waals surface area contributed by atoms with Crippen LogP contribution in [-0.2, 0) is 11.2 Å². The lowest BCUT2D eigenvalue weighted by Gasteiger charge is -2.38. The molecule has 1 amide bonds. The van der Waals surface area contributed by atoms with Gasteiger partial charge in [0.2, 0.25) is 5.91 Å². The number of likely N-dealkylation sites (N-methyl/N-ethyl adjacent to an activating group) is 1. The van der Waals surface area contributed by atoms with E-state index in [4.69, 9.17) is 9.39 Å². The van der Waals surface area contributed by atoms with E-state index in [2.05, 4.69) is 5.32 Å². The van der Waals surface area contributed by atoms with Crippen LogP contribution >= 0.6 is 0 Å². The predicted molar refractivity (Wildman–Crippen MR) is 85.4 cm³/mol. The average Bonchev–Trinajstić information content (AvgIpc) is 2.51. The number of carbonyl (C=O) groups is 2. The number of nitrogens with zero attached hydrogens (tertiary/aromatic N) is 1. The minimum Gasteiger partial charge on any atom is -0.535 e. The van der Waals surface area contributed by atoms with E-state index in [1.165, 1.54) is 0 Å².